The molecule has 0 unspecified atom stereocenters. The quantitative estimate of drug-likeness (QED) is 0.743. The first kappa shape index (κ1) is 9.74. The van der Waals surface area contributed by atoms with Crippen LogP contribution in [0.2, 0.25) is 0 Å². The number of H-pyrrole nitrogens is 1. The highest BCUT2D eigenvalue weighted by molar-refractivity contribution is 7.13. The maximum Gasteiger partial charge on any atom is 0.192 e. The van der Waals surface area contributed by atoms with Crippen LogP contribution in [-0.2, 0) is 0 Å². The van der Waals surface area contributed by atoms with Gasteiger partial charge in [-0.15, -0.1) is 16.4 Å². The predicted octanol–water partition coefficient (Wildman–Crippen LogP) is 2.06. The van der Waals surface area contributed by atoms with Crippen LogP contribution in [0.1, 0.15) is 5.69 Å². The predicted molar refractivity (Wildman–Crippen MR) is 59.9 cm³/mol. The molecular formula is C10H5N5OS. The summed E-state index contributed by atoms with van der Waals surface area (Å²) in [6.45, 7) is 0. The number of hydrogen-bond acceptors (Lipinski definition) is 6. The van der Waals surface area contributed by atoms with Crippen LogP contribution in [0.25, 0.3) is 22.0 Å². The number of nitrogens with one attached hydrogen (secondary N) is 1. The normalized spacial score (nSPS) is 10.3. The molecule has 0 radical (unpaired) electrons. The molecule has 0 spiro atoms. The van der Waals surface area contributed by atoms with E-state index in [4.69, 9.17) is 9.68 Å². The van der Waals surface area contributed by atoms with Crippen LogP contribution >= 0.6 is 11.3 Å². The van der Waals surface area contributed by atoms with Crippen molar-refractivity contribution in [1.82, 2.24) is 20.4 Å². The zero-order valence-electron chi connectivity index (χ0n) is 8.41. The molecule has 0 amide bonds. The van der Waals surface area contributed by atoms with Gasteiger partial charge in [0.05, 0.1) is 6.26 Å². The molecule has 7 heteroatoms. The van der Waals surface area contributed by atoms with Crippen molar-refractivity contribution >= 4 is 11.3 Å². The first-order chi connectivity index (χ1) is 8.38. The summed E-state index contributed by atoms with van der Waals surface area (Å²) >= 11 is 1.46. The number of hydrogen-bond donors (Lipinski definition) is 1. The van der Waals surface area contributed by atoms with E-state index in [2.05, 4.69) is 20.4 Å². The molecule has 3 heterocycles. The van der Waals surface area contributed by atoms with Gasteiger partial charge in [-0.2, -0.15) is 15.6 Å². The Morgan fingerprint density at radius 1 is 1.41 bits per heavy atom. The van der Waals surface area contributed by atoms with Crippen LogP contribution < -0.4 is 0 Å². The van der Waals surface area contributed by atoms with E-state index in [1.54, 1.807) is 12.5 Å². The average Bonchev–Trinajstić information content (AvgIpc) is 3.09. The largest absolute Gasteiger partial charge is 0.472 e. The zero-order valence-corrected chi connectivity index (χ0v) is 9.23. The van der Waals surface area contributed by atoms with Gasteiger partial charge in [-0.25, -0.2) is 4.98 Å². The van der Waals surface area contributed by atoms with Crippen molar-refractivity contribution in [3.05, 3.63) is 29.7 Å². The second-order valence-electron chi connectivity index (χ2n) is 3.18. The fourth-order valence-electron chi connectivity index (χ4n) is 1.39. The van der Waals surface area contributed by atoms with Crippen molar-refractivity contribution in [2.24, 2.45) is 0 Å². The number of aromatic amines is 1. The third-order valence-electron chi connectivity index (χ3n) is 2.17. The summed E-state index contributed by atoms with van der Waals surface area (Å²) in [4.78, 5) is 4.39. The van der Waals surface area contributed by atoms with Crippen LogP contribution in [0.5, 0.6) is 0 Å². The van der Waals surface area contributed by atoms with E-state index >= 15 is 0 Å². The minimum atomic E-state index is 0.244. The number of nitrogens with zero attached hydrogens (tertiary/aromatic N) is 4. The molecule has 1 N–H and O–H groups in total. The second-order valence-corrected chi connectivity index (χ2v) is 4.04. The SMILES string of the molecule is N#Cc1n[nH]nc1-c1csc(-c2ccoc2)n1. The van der Waals surface area contributed by atoms with Gasteiger partial charge in [0, 0.05) is 10.9 Å². The fraction of sp³-hybridized carbons (Fsp3) is 0. The molecule has 0 aliphatic rings. The third-order valence-corrected chi connectivity index (χ3v) is 3.06. The van der Waals surface area contributed by atoms with E-state index in [0.717, 1.165) is 10.6 Å². The number of furan rings is 1. The van der Waals surface area contributed by atoms with Gasteiger partial charge in [0.15, 0.2) is 5.69 Å². The van der Waals surface area contributed by atoms with Crippen molar-refractivity contribution < 1.29 is 4.42 Å². The highest BCUT2D eigenvalue weighted by atomic mass is 32.1. The molecule has 0 saturated heterocycles. The number of nitriles is 1. The van der Waals surface area contributed by atoms with Crippen molar-refractivity contribution in [2.45, 2.75) is 0 Å². The lowest BCUT2D eigenvalue weighted by molar-refractivity contribution is 0.568. The molecule has 0 atom stereocenters. The molecule has 0 aliphatic heterocycles. The van der Waals surface area contributed by atoms with E-state index in [-0.39, 0.29) is 5.69 Å². The summed E-state index contributed by atoms with van der Waals surface area (Å²) < 4.78 is 4.99. The molecule has 3 aromatic rings. The molecule has 0 saturated carbocycles. The van der Waals surface area contributed by atoms with Crippen LogP contribution in [0.3, 0.4) is 0 Å². The van der Waals surface area contributed by atoms with Crippen LogP contribution in [0, 0.1) is 11.3 Å². The van der Waals surface area contributed by atoms with Gasteiger partial charge >= 0.3 is 0 Å². The Hall–Kier alpha value is -2.46. The van der Waals surface area contributed by atoms with Gasteiger partial charge in [0.25, 0.3) is 0 Å². The summed E-state index contributed by atoms with van der Waals surface area (Å²) in [6.07, 6.45) is 3.21. The smallest absolute Gasteiger partial charge is 0.192 e. The molecular weight excluding hydrogens is 238 g/mol. The van der Waals surface area contributed by atoms with E-state index in [9.17, 15) is 0 Å². The van der Waals surface area contributed by atoms with Crippen molar-refractivity contribution in [2.75, 3.05) is 0 Å². The van der Waals surface area contributed by atoms with Crippen LogP contribution in [0.15, 0.2) is 28.4 Å². The van der Waals surface area contributed by atoms with E-state index in [1.165, 1.54) is 11.3 Å². The summed E-state index contributed by atoms with van der Waals surface area (Å²) in [7, 11) is 0. The molecule has 3 aromatic heterocycles. The third kappa shape index (κ3) is 1.60. The molecule has 0 aliphatic carbocycles. The van der Waals surface area contributed by atoms with E-state index in [0.29, 0.717) is 11.4 Å². The first-order valence-electron chi connectivity index (χ1n) is 4.68. The zero-order chi connectivity index (χ0) is 11.7. The number of rotatable bonds is 2. The average molecular weight is 243 g/mol. The molecule has 3 rings (SSSR count). The van der Waals surface area contributed by atoms with Gasteiger partial charge in [0.2, 0.25) is 0 Å². The van der Waals surface area contributed by atoms with Crippen molar-refractivity contribution in [3.8, 4) is 28.0 Å². The highest BCUT2D eigenvalue weighted by Gasteiger charge is 2.14. The Morgan fingerprint density at radius 3 is 3.12 bits per heavy atom. The van der Waals surface area contributed by atoms with Crippen LogP contribution in [-0.4, -0.2) is 20.4 Å². The maximum atomic E-state index is 8.85. The lowest BCUT2D eigenvalue weighted by Crippen LogP contribution is -1.82. The summed E-state index contributed by atoms with van der Waals surface area (Å²) in [5.41, 5.74) is 2.26. The minimum Gasteiger partial charge on any atom is -0.472 e. The fourth-order valence-corrected chi connectivity index (χ4v) is 2.18. The molecule has 0 aromatic carbocycles. The number of thiazole rings is 1. The second kappa shape index (κ2) is 3.84. The van der Waals surface area contributed by atoms with Gasteiger partial charge in [-0.05, 0) is 6.07 Å². The lowest BCUT2D eigenvalue weighted by atomic mass is 10.3. The summed E-state index contributed by atoms with van der Waals surface area (Å²) in [6, 6.07) is 3.79. The standard InChI is InChI=1S/C10H5N5OS/c11-3-7-9(14-15-13-7)8-5-17-10(12-8)6-1-2-16-4-6/h1-2,4-5H,(H,13,14,15). The number of aromatic nitrogens is 4. The Bertz CT molecular complexity index is 676. The molecule has 0 bridgehead atoms. The van der Waals surface area contributed by atoms with Crippen molar-refractivity contribution in [1.29, 1.82) is 5.26 Å². The maximum absolute atomic E-state index is 8.85. The topological polar surface area (TPSA) is 91.4 Å². The molecule has 6 nitrogen and oxygen atoms in total. The van der Waals surface area contributed by atoms with Gasteiger partial charge in [-0.3, -0.25) is 0 Å². The van der Waals surface area contributed by atoms with Crippen LogP contribution in [0.4, 0.5) is 0 Å². The van der Waals surface area contributed by atoms with E-state index in [1.807, 2.05) is 17.5 Å². The first-order valence-corrected chi connectivity index (χ1v) is 5.56. The van der Waals surface area contributed by atoms with E-state index < -0.39 is 0 Å². The van der Waals surface area contributed by atoms with Gasteiger partial charge in [-0.1, -0.05) is 0 Å². The Kier molecular flexibility index (Phi) is 2.20. The monoisotopic (exact) mass is 243 g/mol. The van der Waals surface area contributed by atoms with Gasteiger partial charge in [0.1, 0.15) is 28.7 Å². The highest BCUT2D eigenvalue weighted by Crippen LogP contribution is 2.28. The van der Waals surface area contributed by atoms with Gasteiger partial charge < -0.3 is 4.42 Å². The summed E-state index contributed by atoms with van der Waals surface area (Å²) in [5.74, 6) is 0. The Morgan fingerprint density at radius 2 is 2.35 bits per heavy atom. The molecule has 0 fully saturated rings. The molecule has 82 valence electrons. The Balaban J connectivity index is 2.04. The Labute approximate surface area is 99.5 Å². The van der Waals surface area contributed by atoms with Crippen molar-refractivity contribution in [3.63, 3.8) is 0 Å². The molecule has 17 heavy (non-hydrogen) atoms. The lowest BCUT2D eigenvalue weighted by Gasteiger charge is -1.88. The summed E-state index contributed by atoms with van der Waals surface area (Å²) in [5, 5.41) is 21.6. The minimum absolute atomic E-state index is 0.244.